The van der Waals surface area contributed by atoms with Crippen LogP contribution in [0.15, 0.2) is 42.5 Å². The number of hydrogen-bond acceptors (Lipinski definition) is 5. The van der Waals surface area contributed by atoms with E-state index in [1.54, 1.807) is 18.2 Å². The molecule has 0 spiro atoms. The van der Waals surface area contributed by atoms with Gasteiger partial charge in [-0.15, -0.1) is 0 Å². The van der Waals surface area contributed by atoms with Crippen LogP contribution in [0.1, 0.15) is 35.0 Å². The fourth-order valence-corrected chi connectivity index (χ4v) is 4.11. The van der Waals surface area contributed by atoms with Gasteiger partial charge in [0.2, 0.25) is 5.95 Å². The van der Waals surface area contributed by atoms with E-state index in [1.165, 1.54) is 12.1 Å². The van der Waals surface area contributed by atoms with Crippen LogP contribution in [0, 0.1) is 5.92 Å². The van der Waals surface area contributed by atoms with Gasteiger partial charge in [0.25, 0.3) is 0 Å². The topological polar surface area (TPSA) is 66.9 Å². The minimum absolute atomic E-state index is 0.0700. The molecule has 1 aliphatic carbocycles. The maximum Gasteiger partial charge on any atom is 0.416 e. The van der Waals surface area contributed by atoms with Crippen molar-refractivity contribution >= 4 is 52.1 Å². The van der Waals surface area contributed by atoms with Gasteiger partial charge >= 0.3 is 6.18 Å². The van der Waals surface area contributed by atoms with Crippen molar-refractivity contribution in [1.82, 2.24) is 9.97 Å². The van der Waals surface area contributed by atoms with Crippen LogP contribution in [0.25, 0.3) is 0 Å². The highest BCUT2D eigenvalue weighted by Crippen LogP contribution is 2.34. The zero-order valence-corrected chi connectivity index (χ0v) is 18.2. The number of alkyl halides is 3. The Hall–Kier alpha value is -2.84. The van der Waals surface area contributed by atoms with E-state index in [2.05, 4.69) is 20.6 Å². The summed E-state index contributed by atoms with van der Waals surface area (Å²) in [4.78, 5) is 21.6. The van der Waals surface area contributed by atoms with Crippen LogP contribution in [0.3, 0.4) is 0 Å². The fourth-order valence-electron chi connectivity index (χ4n) is 3.58. The SMILES string of the molecule is CC1CC(=O)c2c(nc(Nc3cccc(C(F)(F)F)c3)nc2Nc2cc(Cl)cc(Cl)c2)C1. The molecule has 166 valence electrons. The molecule has 0 bridgehead atoms. The molecule has 1 heterocycles. The molecule has 1 aromatic heterocycles. The largest absolute Gasteiger partial charge is 0.416 e. The summed E-state index contributed by atoms with van der Waals surface area (Å²) < 4.78 is 39.2. The Labute approximate surface area is 192 Å². The molecular weight excluding hydrogens is 464 g/mol. The average Bonchev–Trinajstić information content (AvgIpc) is 2.66. The van der Waals surface area contributed by atoms with Gasteiger partial charge in [-0.1, -0.05) is 36.2 Å². The number of Topliss-reactive ketones (excluding diaryl/α,β-unsaturated/α-hetero) is 1. The first-order valence-corrected chi connectivity index (χ1v) is 10.5. The lowest BCUT2D eigenvalue weighted by molar-refractivity contribution is -0.137. The number of benzene rings is 2. The molecule has 0 saturated heterocycles. The third-order valence-corrected chi connectivity index (χ3v) is 5.35. The molecule has 1 unspecified atom stereocenters. The summed E-state index contributed by atoms with van der Waals surface area (Å²) in [5.41, 5.74) is 0.769. The molecule has 0 aliphatic heterocycles. The van der Waals surface area contributed by atoms with Gasteiger partial charge in [0.1, 0.15) is 5.82 Å². The van der Waals surface area contributed by atoms with E-state index in [4.69, 9.17) is 23.2 Å². The van der Waals surface area contributed by atoms with E-state index >= 15 is 0 Å². The lowest BCUT2D eigenvalue weighted by atomic mass is 9.87. The summed E-state index contributed by atoms with van der Waals surface area (Å²) >= 11 is 12.1. The number of ketones is 1. The lowest BCUT2D eigenvalue weighted by Gasteiger charge is -2.23. The van der Waals surface area contributed by atoms with Crippen molar-refractivity contribution in [3.8, 4) is 0 Å². The predicted octanol–water partition coefficient (Wildman–Crippen LogP) is 7.05. The minimum Gasteiger partial charge on any atom is -0.339 e. The van der Waals surface area contributed by atoms with Crippen LogP contribution >= 0.6 is 23.2 Å². The molecule has 32 heavy (non-hydrogen) atoms. The van der Waals surface area contributed by atoms with Crippen molar-refractivity contribution in [2.24, 2.45) is 5.92 Å². The highest BCUT2D eigenvalue weighted by molar-refractivity contribution is 6.35. The molecule has 0 saturated carbocycles. The number of nitrogens with zero attached hydrogens (tertiary/aromatic N) is 2. The maximum atomic E-state index is 13.1. The maximum absolute atomic E-state index is 13.1. The van der Waals surface area contributed by atoms with Crippen molar-refractivity contribution in [3.63, 3.8) is 0 Å². The van der Waals surface area contributed by atoms with Gasteiger partial charge in [0.05, 0.1) is 16.8 Å². The number of carbonyl (C=O) groups excluding carboxylic acids is 1. The molecule has 0 fully saturated rings. The Balaban J connectivity index is 1.75. The summed E-state index contributed by atoms with van der Waals surface area (Å²) in [6.07, 6.45) is -3.59. The zero-order chi connectivity index (χ0) is 23.0. The number of aromatic nitrogens is 2. The van der Waals surface area contributed by atoms with Gasteiger partial charge < -0.3 is 10.6 Å². The first kappa shape index (κ1) is 22.4. The van der Waals surface area contributed by atoms with Crippen molar-refractivity contribution in [2.75, 3.05) is 10.6 Å². The lowest BCUT2D eigenvalue weighted by Crippen LogP contribution is -2.22. The molecule has 3 aromatic rings. The standard InChI is InChI=1S/C22H17Cl2F3N4O/c1-11-5-17-19(18(32)6-11)20(28-16-9-13(23)8-14(24)10-16)31-21(30-17)29-15-4-2-3-12(7-15)22(25,26)27/h2-4,7-11H,5-6H2,1H3,(H2,28,29,30,31). The molecule has 1 atom stereocenters. The van der Waals surface area contributed by atoms with E-state index < -0.39 is 11.7 Å². The smallest absolute Gasteiger partial charge is 0.339 e. The van der Waals surface area contributed by atoms with Gasteiger partial charge in [0, 0.05) is 27.8 Å². The van der Waals surface area contributed by atoms with Crippen molar-refractivity contribution in [1.29, 1.82) is 0 Å². The molecule has 5 nitrogen and oxygen atoms in total. The van der Waals surface area contributed by atoms with Gasteiger partial charge in [0.15, 0.2) is 5.78 Å². The molecule has 0 amide bonds. The molecule has 1 aliphatic rings. The van der Waals surface area contributed by atoms with E-state index in [1.807, 2.05) is 6.92 Å². The molecular formula is C22H17Cl2F3N4O. The van der Waals surface area contributed by atoms with Crippen LogP contribution in [0.4, 0.5) is 36.3 Å². The van der Waals surface area contributed by atoms with Gasteiger partial charge in [-0.05, 0) is 48.7 Å². The van der Waals surface area contributed by atoms with Crippen LogP contribution < -0.4 is 10.6 Å². The van der Waals surface area contributed by atoms with Gasteiger partial charge in [-0.25, -0.2) is 4.98 Å². The number of hydrogen-bond donors (Lipinski definition) is 2. The molecule has 2 N–H and O–H groups in total. The summed E-state index contributed by atoms with van der Waals surface area (Å²) in [7, 11) is 0. The minimum atomic E-state index is -4.48. The fraction of sp³-hybridized carbons (Fsp3) is 0.227. The number of rotatable bonds is 4. The summed E-state index contributed by atoms with van der Waals surface area (Å²) in [6, 6.07) is 9.54. The average molecular weight is 481 g/mol. The predicted molar refractivity (Wildman–Crippen MR) is 118 cm³/mol. The third kappa shape index (κ3) is 4.97. The summed E-state index contributed by atoms with van der Waals surface area (Å²) in [6.45, 7) is 1.94. The number of carbonyl (C=O) groups is 1. The quantitative estimate of drug-likeness (QED) is 0.418. The second-order valence-corrected chi connectivity index (χ2v) is 8.51. The zero-order valence-electron chi connectivity index (χ0n) is 16.7. The van der Waals surface area contributed by atoms with Gasteiger partial charge in [-0.3, -0.25) is 4.79 Å². The normalized spacial score (nSPS) is 15.9. The molecule has 2 aromatic carbocycles. The molecule has 10 heteroatoms. The van der Waals surface area contributed by atoms with E-state index in [-0.39, 0.29) is 29.2 Å². The Morgan fingerprint density at radius 1 is 0.969 bits per heavy atom. The Morgan fingerprint density at radius 2 is 1.69 bits per heavy atom. The van der Waals surface area contributed by atoms with E-state index in [0.29, 0.717) is 39.8 Å². The number of nitrogens with one attached hydrogen (secondary N) is 2. The third-order valence-electron chi connectivity index (χ3n) is 4.91. The second kappa shape index (κ2) is 8.60. The number of anilines is 4. The van der Waals surface area contributed by atoms with Crippen molar-refractivity contribution in [2.45, 2.75) is 25.9 Å². The van der Waals surface area contributed by atoms with Gasteiger partial charge in [-0.2, -0.15) is 18.2 Å². The highest BCUT2D eigenvalue weighted by Gasteiger charge is 2.31. The Kier molecular flexibility index (Phi) is 6.01. The van der Waals surface area contributed by atoms with Crippen LogP contribution in [-0.2, 0) is 12.6 Å². The first-order valence-electron chi connectivity index (χ1n) is 9.70. The molecule has 0 radical (unpaired) electrons. The monoisotopic (exact) mass is 480 g/mol. The van der Waals surface area contributed by atoms with Crippen LogP contribution in [0.5, 0.6) is 0 Å². The number of halogens is 5. The summed E-state index contributed by atoms with van der Waals surface area (Å²) in [5, 5.41) is 6.67. The Bertz CT molecular complexity index is 1180. The van der Waals surface area contributed by atoms with E-state index in [0.717, 1.165) is 12.1 Å². The van der Waals surface area contributed by atoms with Crippen molar-refractivity contribution < 1.29 is 18.0 Å². The highest BCUT2D eigenvalue weighted by atomic mass is 35.5. The van der Waals surface area contributed by atoms with Crippen LogP contribution in [-0.4, -0.2) is 15.8 Å². The molecule has 4 rings (SSSR count). The van der Waals surface area contributed by atoms with Crippen molar-refractivity contribution in [3.05, 3.63) is 69.3 Å². The second-order valence-electron chi connectivity index (χ2n) is 7.64. The summed E-state index contributed by atoms with van der Waals surface area (Å²) in [5.74, 6) is 0.278. The number of fused-ring (bicyclic) bond motifs is 1. The van der Waals surface area contributed by atoms with Crippen LogP contribution in [0.2, 0.25) is 10.0 Å². The Morgan fingerprint density at radius 3 is 2.38 bits per heavy atom. The van der Waals surface area contributed by atoms with E-state index in [9.17, 15) is 18.0 Å². The first-order chi connectivity index (χ1) is 15.1.